The Morgan fingerprint density at radius 2 is 2.21 bits per heavy atom. The molecule has 1 atom stereocenters. The normalized spacial score (nSPS) is 17.8. The summed E-state index contributed by atoms with van der Waals surface area (Å²) >= 11 is 0. The summed E-state index contributed by atoms with van der Waals surface area (Å²) in [4.78, 5) is 11.1. The number of rotatable bonds is 9. The average molecular weight is 356 g/mol. The maximum absolute atomic E-state index is 12.5. The van der Waals surface area contributed by atoms with Crippen LogP contribution in [-0.2, 0) is 14.8 Å². The van der Waals surface area contributed by atoms with E-state index in [1.807, 2.05) is 6.92 Å². The van der Waals surface area contributed by atoms with E-state index >= 15 is 0 Å². The summed E-state index contributed by atoms with van der Waals surface area (Å²) in [6.07, 6.45) is 3.55. The van der Waals surface area contributed by atoms with E-state index in [0.717, 1.165) is 25.7 Å². The third-order valence-corrected chi connectivity index (χ3v) is 5.39. The average Bonchev–Trinajstić information content (AvgIpc) is 3.06. The van der Waals surface area contributed by atoms with Crippen molar-refractivity contribution in [1.29, 1.82) is 0 Å². The number of carbonyl (C=O) groups is 1. The van der Waals surface area contributed by atoms with Crippen LogP contribution in [0.15, 0.2) is 23.1 Å². The fourth-order valence-electron chi connectivity index (χ4n) is 2.51. The Kier molecular flexibility index (Phi) is 6.59. The molecule has 134 valence electrons. The van der Waals surface area contributed by atoms with Crippen LogP contribution in [0, 0.1) is 0 Å². The number of aromatic carboxylic acids is 1. The number of nitrogens with one attached hydrogen (secondary N) is 2. The van der Waals surface area contributed by atoms with E-state index in [0.29, 0.717) is 25.4 Å². The minimum Gasteiger partial charge on any atom is -0.478 e. The Bertz CT molecular complexity index is 669. The molecule has 0 saturated carbocycles. The summed E-state index contributed by atoms with van der Waals surface area (Å²) in [5, 5.41) is 12.2. The van der Waals surface area contributed by atoms with Gasteiger partial charge in [-0.25, -0.2) is 17.9 Å². The van der Waals surface area contributed by atoms with Gasteiger partial charge in [-0.05, 0) is 37.5 Å². The maximum Gasteiger partial charge on any atom is 0.335 e. The van der Waals surface area contributed by atoms with Crippen LogP contribution in [0.1, 0.15) is 43.0 Å². The van der Waals surface area contributed by atoms with Gasteiger partial charge in [0.15, 0.2) is 0 Å². The SMILES string of the molecule is CCCCNS(=O)(=O)c1cc(C(=O)O)ccc1NC[C@@H]1CCCO1. The molecule has 8 heteroatoms. The smallest absolute Gasteiger partial charge is 0.335 e. The third-order valence-electron chi connectivity index (χ3n) is 3.88. The highest BCUT2D eigenvalue weighted by molar-refractivity contribution is 7.89. The van der Waals surface area contributed by atoms with Crippen LogP contribution in [0.3, 0.4) is 0 Å². The summed E-state index contributed by atoms with van der Waals surface area (Å²) in [6, 6.07) is 4.08. The molecule has 1 aromatic rings. The zero-order valence-corrected chi connectivity index (χ0v) is 14.6. The van der Waals surface area contributed by atoms with Gasteiger partial charge in [0.1, 0.15) is 4.90 Å². The molecule has 0 aromatic heterocycles. The second-order valence-electron chi connectivity index (χ2n) is 5.78. The van der Waals surface area contributed by atoms with Gasteiger partial charge < -0.3 is 15.2 Å². The van der Waals surface area contributed by atoms with Crippen molar-refractivity contribution >= 4 is 21.7 Å². The van der Waals surface area contributed by atoms with Gasteiger partial charge in [0.2, 0.25) is 10.0 Å². The van der Waals surface area contributed by atoms with Crippen molar-refractivity contribution in [2.75, 3.05) is 25.0 Å². The van der Waals surface area contributed by atoms with Crippen LogP contribution in [-0.4, -0.2) is 45.3 Å². The van der Waals surface area contributed by atoms with Crippen LogP contribution in [0.4, 0.5) is 5.69 Å². The number of carboxylic acids is 1. The van der Waals surface area contributed by atoms with Crippen molar-refractivity contribution in [1.82, 2.24) is 4.72 Å². The zero-order chi connectivity index (χ0) is 17.6. The molecule has 0 radical (unpaired) electrons. The molecule has 0 amide bonds. The number of benzene rings is 1. The predicted octanol–water partition coefficient (Wildman–Crippen LogP) is 2.05. The molecular formula is C16H24N2O5S. The first kappa shape index (κ1) is 18.7. The number of unbranched alkanes of at least 4 members (excludes halogenated alkanes) is 1. The van der Waals surface area contributed by atoms with Crippen molar-refractivity contribution < 1.29 is 23.1 Å². The van der Waals surface area contributed by atoms with E-state index in [1.54, 1.807) is 0 Å². The number of hydrogen-bond acceptors (Lipinski definition) is 5. The summed E-state index contributed by atoms with van der Waals surface area (Å²) in [6.45, 7) is 3.49. The first-order chi connectivity index (χ1) is 11.4. The van der Waals surface area contributed by atoms with Crippen LogP contribution < -0.4 is 10.0 Å². The molecule has 1 aliphatic rings. The maximum atomic E-state index is 12.5. The second kappa shape index (κ2) is 8.46. The number of anilines is 1. The van der Waals surface area contributed by atoms with Gasteiger partial charge >= 0.3 is 5.97 Å². The van der Waals surface area contributed by atoms with Gasteiger partial charge in [0, 0.05) is 19.7 Å². The molecule has 0 aliphatic carbocycles. The summed E-state index contributed by atoms with van der Waals surface area (Å²) < 4.78 is 33.1. The fraction of sp³-hybridized carbons (Fsp3) is 0.562. The second-order valence-corrected chi connectivity index (χ2v) is 7.52. The lowest BCUT2D eigenvalue weighted by molar-refractivity contribution is 0.0696. The lowest BCUT2D eigenvalue weighted by atomic mass is 10.2. The van der Waals surface area contributed by atoms with E-state index in [2.05, 4.69) is 10.0 Å². The number of ether oxygens (including phenoxy) is 1. The topological polar surface area (TPSA) is 105 Å². The Labute approximate surface area is 142 Å². The molecule has 0 bridgehead atoms. The lowest BCUT2D eigenvalue weighted by Gasteiger charge is -2.16. The van der Waals surface area contributed by atoms with Gasteiger partial charge in [0.05, 0.1) is 17.4 Å². The highest BCUT2D eigenvalue weighted by Gasteiger charge is 2.22. The fourth-order valence-corrected chi connectivity index (χ4v) is 3.79. The first-order valence-corrected chi connectivity index (χ1v) is 9.65. The van der Waals surface area contributed by atoms with Crippen molar-refractivity contribution in [3.05, 3.63) is 23.8 Å². The number of hydrogen-bond donors (Lipinski definition) is 3. The molecule has 0 unspecified atom stereocenters. The van der Waals surface area contributed by atoms with Crippen molar-refractivity contribution in [3.63, 3.8) is 0 Å². The Hall–Kier alpha value is -1.64. The molecule has 1 heterocycles. The monoisotopic (exact) mass is 356 g/mol. The Balaban J connectivity index is 2.22. The van der Waals surface area contributed by atoms with Gasteiger partial charge in [-0.1, -0.05) is 13.3 Å². The van der Waals surface area contributed by atoms with Gasteiger partial charge in [-0.15, -0.1) is 0 Å². The molecule has 24 heavy (non-hydrogen) atoms. The minimum atomic E-state index is -3.78. The van der Waals surface area contributed by atoms with Gasteiger partial charge in [-0.2, -0.15) is 0 Å². The van der Waals surface area contributed by atoms with E-state index in [9.17, 15) is 13.2 Å². The van der Waals surface area contributed by atoms with E-state index in [4.69, 9.17) is 9.84 Å². The van der Waals surface area contributed by atoms with Crippen LogP contribution in [0.25, 0.3) is 0 Å². The quantitative estimate of drug-likeness (QED) is 0.585. The van der Waals surface area contributed by atoms with Crippen LogP contribution >= 0.6 is 0 Å². The molecule has 1 saturated heterocycles. The Morgan fingerprint density at radius 1 is 1.42 bits per heavy atom. The van der Waals surface area contributed by atoms with E-state index in [-0.39, 0.29) is 16.6 Å². The first-order valence-electron chi connectivity index (χ1n) is 8.16. The zero-order valence-electron chi connectivity index (χ0n) is 13.7. The molecule has 3 N–H and O–H groups in total. The standard InChI is InChI=1S/C16H24N2O5S/c1-2-3-8-18-24(21,22)15-10-12(16(19)20)6-7-14(15)17-11-13-5-4-9-23-13/h6-7,10,13,17-18H,2-5,8-9,11H2,1H3,(H,19,20)/t13-/m0/s1. The third kappa shape index (κ3) is 4.93. The molecule has 0 spiro atoms. The largest absolute Gasteiger partial charge is 0.478 e. The van der Waals surface area contributed by atoms with Gasteiger partial charge in [0.25, 0.3) is 0 Å². The molecule has 1 aromatic carbocycles. The molecule has 1 aliphatic heterocycles. The predicted molar refractivity (Wildman–Crippen MR) is 91.0 cm³/mol. The van der Waals surface area contributed by atoms with Crippen molar-refractivity contribution in [2.45, 2.75) is 43.6 Å². The van der Waals surface area contributed by atoms with Crippen molar-refractivity contribution in [3.8, 4) is 0 Å². The van der Waals surface area contributed by atoms with Crippen molar-refractivity contribution in [2.24, 2.45) is 0 Å². The molecular weight excluding hydrogens is 332 g/mol. The number of carboxylic acid groups (broad SMARTS) is 1. The molecule has 7 nitrogen and oxygen atoms in total. The van der Waals surface area contributed by atoms with E-state index < -0.39 is 16.0 Å². The van der Waals surface area contributed by atoms with E-state index in [1.165, 1.54) is 18.2 Å². The molecule has 1 fully saturated rings. The highest BCUT2D eigenvalue weighted by atomic mass is 32.2. The lowest BCUT2D eigenvalue weighted by Crippen LogP contribution is -2.27. The summed E-state index contributed by atoms with van der Waals surface area (Å²) in [5.41, 5.74) is 0.327. The Morgan fingerprint density at radius 3 is 2.83 bits per heavy atom. The highest BCUT2D eigenvalue weighted by Crippen LogP contribution is 2.24. The molecule has 2 rings (SSSR count). The summed E-state index contributed by atoms with van der Waals surface area (Å²) in [5.74, 6) is -1.16. The number of sulfonamides is 1. The van der Waals surface area contributed by atoms with Crippen LogP contribution in [0.2, 0.25) is 0 Å². The van der Waals surface area contributed by atoms with Crippen LogP contribution in [0.5, 0.6) is 0 Å². The van der Waals surface area contributed by atoms with Gasteiger partial charge in [-0.3, -0.25) is 0 Å². The summed E-state index contributed by atoms with van der Waals surface area (Å²) in [7, 11) is -3.78. The minimum absolute atomic E-state index is 0.0449.